The molecule has 4 heteroatoms. The van der Waals surface area contributed by atoms with Crippen LogP contribution in [-0.4, -0.2) is 23.1 Å². The summed E-state index contributed by atoms with van der Waals surface area (Å²) in [5.41, 5.74) is 9.21. The predicted octanol–water partition coefficient (Wildman–Crippen LogP) is 11.0. The lowest BCUT2D eigenvalue weighted by molar-refractivity contribution is 0.0992. The molecular formula is C48H53NO3. The van der Waals surface area contributed by atoms with Crippen LogP contribution < -0.4 is 0 Å². The molecule has 0 N–H and O–H groups in total. The van der Waals surface area contributed by atoms with Gasteiger partial charge in [0.1, 0.15) is 23.7 Å². The highest BCUT2D eigenvalue weighted by atomic mass is 16.5. The number of rotatable bonds is 3. The largest absolute Gasteiger partial charge is 0.482 e. The lowest BCUT2D eigenvalue weighted by Gasteiger charge is -2.39. The van der Waals surface area contributed by atoms with Crippen molar-refractivity contribution in [2.24, 2.45) is 47.3 Å². The third-order valence-corrected chi connectivity index (χ3v) is 15.5. The van der Waals surface area contributed by atoms with E-state index in [2.05, 4.69) is 77.8 Å². The minimum atomic E-state index is 0.0891. The number of allylic oxidation sites excluding steroid dienone is 11. The quantitative estimate of drug-likeness (QED) is 0.276. The molecule has 0 radical (unpaired) electrons. The summed E-state index contributed by atoms with van der Waals surface area (Å²) in [4.78, 5) is 2.73. The SMILES string of the molecule is C1=CC2=C(CC1)N(C1=CC3C4=C(OC3C=C1)C1=C(CC4)C3CC(C4C=CCC(C5CC=C6OC7=C(CCCC7)C6C5)C4)C=CC3O1)C1CCC=CC21. The Labute approximate surface area is 309 Å². The van der Waals surface area contributed by atoms with Crippen LogP contribution in [0.2, 0.25) is 0 Å². The molecule has 0 amide bonds. The molecule has 4 aliphatic heterocycles. The van der Waals surface area contributed by atoms with Crippen LogP contribution in [0.1, 0.15) is 96.3 Å². The Hall–Kier alpha value is -3.66. The molecule has 12 aliphatic rings. The summed E-state index contributed by atoms with van der Waals surface area (Å²) >= 11 is 0. The van der Waals surface area contributed by atoms with E-state index in [4.69, 9.17) is 14.2 Å². The third-order valence-electron chi connectivity index (χ3n) is 15.5. The Morgan fingerprint density at radius 2 is 1.54 bits per heavy atom. The van der Waals surface area contributed by atoms with Gasteiger partial charge in [0.15, 0.2) is 11.5 Å². The first-order valence-electron chi connectivity index (χ1n) is 21.2. The van der Waals surface area contributed by atoms with Crippen molar-refractivity contribution in [3.05, 3.63) is 130 Å². The summed E-state index contributed by atoms with van der Waals surface area (Å²) in [6, 6.07) is 0.550. The molecule has 52 heavy (non-hydrogen) atoms. The normalized spacial score (nSPS) is 42.0. The van der Waals surface area contributed by atoms with Gasteiger partial charge in [-0.05, 0) is 166 Å². The molecule has 0 saturated carbocycles. The molecule has 0 spiro atoms. The van der Waals surface area contributed by atoms with E-state index in [9.17, 15) is 0 Å². The lowest BCUT2D eigenvalue weighted by Crippen LogP contribution is -2.35. The second-order valence-corrected chi connectivity index (χ2v) is 18.0. The maximum Gasteiger partial charge on any atom is 0.162 e. The van der Waals surface area contributed by atoms with E-state index >= 15 is 0 Å². The van der Waals surface area contributed by atoms with Gasteiger partial charge in [0.2, 0.25) is 0 Å². The van der Waals surface area contributed by atoms with Crippen LogP contribution >= 0.6 is 0 Å². The molecule has 11 unspecified atom stereocenters. The number of hydrogen-bond acceptors (Lipinski definition) is 4. The Balaban J connectivity index is 0.763. The number of nitrogens with zero attached hydrogens (tertiary/aromatic N) is 1. The second-order valence-electron chi connectivity index (χ2n) is 18.0. The van der Waals surface area contributed by atoms with Crippen LogP contribution in [0.5, 0.6) is 0 Å². The molecule has 0 aromatic heterocycles. The highest BCUT2D eigenvalue weighted by Gasteiger charge is 2.49. The predicted molar refractivity (Wildman–Crippen MR) is 204 cm³/mol. The van der Waals surface area contributed by atoms with Gasteiger partial charge in [-0.2, -0.15) is 0 Å². The third kappa shape index (κ3) is 4.64. The zero-order chi connectivity index (χ0) is 33.9. The topological polar surface area (TPSA) is 30.9 Å². The average molecular weight is 692 g/mol. The highest BCUT2D eigenvalue weighted by molar-refractivity contribution is 5.50. The Kier molecular flexibility index (Phi) is 7.05. The van der Waals surface area contributed by atoms with Crippen LogP contribution in [-0.2, 0) is 14.2 Å². The van der Waals surface area contributed by atoms with Crippen LogP contribution in [0.25, 0.3) is 0 Å². The van der Waals surface area contributed by atoms with E-state index in [0.717, 1.165) is 55.5 Å². The fourth-order valence-corrected chi connectivity index (χ4v) is 13.0. The summed E-state index contributed by atoms with van der Waals surface area (Å²) in [5, 5.41) is 0. The number of ether oxygens (including phenoxy) is 3. The van der Waals surface area contributed by atoms with E-state index < -0.39 is 0 Å². The van der Waals surface area contributed by atoms with Crippen molar-refractivity contribution >= 4 is 0 Å². The van der Waals surface area contributed by atoms with E-state index in [-0.39, 0.29) is 12.2 Å². The van der Waals surface area contributed by atoms with Crippen molar-refractivity contribution in [3.63, 3.8) is 0 Å². The molecular weight excluding hydrogens is 639 g/mol. The number of hydrogen-bond donors (Lipinski definition) is 0. The second kappa shape index (κ2) is 11.9. The zero-order valence-corrected chi connectivity index (χ0v) is 30.6. The van der Waals surface area contributed by atoms with Crippen LogP contribution in [0.15, 0.2) is 130 Å². The van der Waals surface area contributed by atoms with Gasteiger partial charge in [0, 0.05) is 47.5 Å². The van der Waals surface area contributed by atoms with Crippen molar-refractivity contribution < 1.29 is 14.2 Å². The molecule has 4 nitrogen and oxygen atoms in total. The molecule has 0 aromatic carbocycles. The van der Waals surface area contributed by atoms with E-state index in [1.807, 2.05) is 0 Å². The summed E-state index contributed by atoms with van der Waals surface area (Å²) in [6.07, 6.45) is 48.2. The molecule has 0 aromatic rings. The molecule has 11 atom stereocenters. The number of fused-ring (bicyclic) bond motifs is 9. The van der Waals surface area contributed by atoms with E-state index in [1.54, 1.807) is 22.4 Å². The van der Waals surface area contributed by atoms with Crippen molar-refractivity contribution in [2.75, 3.05) is 0 Å². The minimum Gasteiger partial charge on any atom is -0.482 e. The summed E-state index contributed by atoms with van der Waals surface area (Å²) < 4.78 is 20.1. The Morgan fingerprint density at radius 1 is 0.654 bits per heavy atom. The molecule has 268 valence electrons. The first kappa shape index (κ1) is 30.8. The van der Waals surface area contributed by atoms with Crippen molar-refractivity contribution in [2.45, 2.75) is 115 Å². The maximum atomic E-state index is 6.88. The van der Waals surface area contributed by atoms with Crippen LogP contribution in [0.3, 0.4) is 0 Å². The zero-order valence-electron chi connectivity index (χ0n) is 30.6. The molecule has 0 saturated heterocycles. The Morgan fingerprint density at radius 3 is 2.54 bits per heavy atom. The maximum absolute atomic E-state index is 6.88. The van der Waals surface area contributed by atoms with Gasteiger partial charge in [-0.1, -0.05) is 42.5 Å². The summed E-state index contributed by atoms with van der Waals surface area (Å²) in [6.45, 7) is 0. The van der Waals surface area contributed by atoms with Gasteiger partial charge < -0.3 is 19.1 Å². The van der Waals surface area contributed by atoms with Crippen molar-refractivity contribution in [1.29, 1.82) is 0 Å². The first-order valence-corrected chi connectivity index (χ1v) is 21.2. The monoisotopic (exact) mass is 691 g/mol. The highest BCUT2D eigenvalue weighted by Crippen LogP contribution is 2.56. The standard InChI is InChI=1S/C48H53NO3/c1-4-13-41-33(10-1)34-11-2-5-14-42(34)49(41)32-18-23-46-40(27-32)37-20-19-36-39-26-31(17-22-45(39)51-47(36)48(37)52-46)29-9-7-8-28(24-29)30-16-21-44-38(25-30)35-12-3-6-15-43(35)50-44/h1-2,7,9-11,17-18,21-23,27-31,33,38-41,45-46H,3-6,8,12-16,19-20,24-26H2. The molecule has 0 bridgehead atoms. The van der Waals surface area contributed by atoms with Gasteiger partial charge in [-0.15, -0.1) is 0 Å². The summed E-state index contributed by atoms with van der Waals surface area (Å²) in [5.74, 6) is 9.55. The fourth-order valence-electron chi connectivity index (χ4n) is 13.0. The Bertz CT molecular complexity index is 1940. The molecule has 8 aliphatic carbocycles. The van der Waals surface area contributed by atoms with E-state index in [1.165, 1.54) is 87.0 Å². The van der Waals surface area contributed by atoms with Crippen LogP contribution in [0, 0.1) is 47.3 Å². The van der Waals surface area contributed by atoms with Crippen LogP contribution in [0.4, 0.5) is 0 Å². The molecule has 0 fully saturated rings. The fraction of sp³-hybridized carbons (Fsp3) is 0.542. The molecule has 4 heterocycles. The van der Waals surface area contributed by atoms with Crippen molar-refractivity contribution in [1.82, 2.24) is 4.90 Å². The summed E-state index contributed by atoms with van der Waals surface area (Å²) in [7, 11) is 0. The van der Waals surface area contributed by atoms with Gasteiger partial charge >= 0.3 is 0 Å². The first-order chi connectivity index (χ1) is 25.7. The average Bonchev–Trinajstić information content (AvgIpc) is 3.96. The van der Waals surface area contributed by atoms with Gasteiger partial charge in [-0.25, -0.2) is 0 Å². The lowest BCUT2D eigenvalue weighted by atomic mass is 9.66. The van der Waals surface area contributed by atoms with Gasteiger partial charge in [0.25, 0.3) is 0 Å². The van der Waals surface area contributed by atoms with E-state index in [0.29, 0.717) is 41.5 Å². The minimum absolute atomic E-state index is 0.0891. The smallest absolute Gasteiger partial charge is 0.162 e. The van der Waals surface area contributed by atoms with Gasteiger partial charge in [0.05, 0.1) is 0 Å². The molecule has 12 rings (SSSR count). The van der Waals surface area contributed by atoms with Crippen molar-refractivity contribution in [3.8, 4) is 0 Å². The van der Waals surface area contributed by atoms with Gasteiger partial charge in [-0.3, -0.25) is 0 Å².